The van der Waals surface area contributed by atoms with Gasteiger partial charge in [-0.15, -0.1) is 0 Å². The van der Waals surface area contributed by atoms with Gasteiger partial charge in [-0.1, -0.05) is 25.7 Å². The van der Waals surface area contributed by atoms with Crippen LogP contribution in [0, 0.1) is 5.41 Å². The Bertz CT molecular complexity index is 409. The van der Waals surface area contributed by atoms with Crippen LogP contribution in [-0.2, 0) is 10.0 Å². The summed E-state index contributed by atoms with van der Waals surface area (Å²) in [4.78, 5) is 2.48. The Morgan fingerprint density at radius 1 is 1.00 bits per heavy atom. The van der Waals surface area contributed by atoms with Gasteiger partial charge in [0.1, 0.15) is 0 Å². The van der Waals surface area contributed by atoms with Gasteiger partial charge in [0.05, 0.1) is 6.26 Å². The summed E-state index contributed by atoms with van der Waals surface area (Å²) in [5.74, 6) is 0. The van der Waals surface area contributed by atoms with E-state index in [1.165, 1.54) is 44.8 Å². The third-order valence-electron chi connectivity index (χ3n) is 5.08. The third kappa shape index (κ3) is 4.91. The number of sulfonamides is 1. The zero-order valence-corrected chi connectivity index (χ0v) is 14.4. The first-order chi connectivity index (χ1) is 9.95. The fraction of sp³-hybridized carbons (Fsp3) is 1.00. The predicted octanol–water partition coefficient (Wildman–Crippen LogP) is 1.12. The number of rotatable bonds is 5. The zero-order chi connectivity index (χ0) is 15.3. The molecule has 0 atom stereocenters. The number of hydrogen-bond acceptors (Lipinski definition) is 4. The highest BCUT2D eigenvalue weighted by Gasteiger charge is 2.34. The summed E-state index contributed by atoms with van der Waals surface area (Å²) >= 11 is 0. The molecule has 124 valence electrons. The monoisotopic (exact) mass is 317 g/mol. The van der Waals surface area contributed by atoms with Gasteiger partial charge in [-0.3, -0.25) is 0 Å². The van der Waals surface area contributed by atoms with E-state index in [2.05, 4.69) is 10.2 Å². The topological polar surface area (TPSA) is 52.6 Å². The Hall–Kier alpha value is -0.170. The van der Waals surface area contributed by atoms with E-state index in [0.717, 1.165) is 26.2 Å². The summed E-state index contributed by atoms with van der Waals surface area (Å²) in [5.41, 5.74) is 0.387. The van der Waals surface area contributed by atoms with Crippen LogP contribution in [-0.4, -0.2) is 70.2 Å². The molecule has 6 heteroatoms. The Morgan fingerprint density at radius 3 is 2.05 bits per heavy atom. The van der Waals surface area contributed by atoms with Gasteiger partial charge in [-0.2, -0.15) is 4.31 Å². The predicted molar refractivity (Wildman–Crippen MR) is 86.9 cm³/mol. The van der Waals surface area contributed by atoms with Crippen molar-refractivity contribution in [1.29, 1.82) is 0 Å². The van der Waals surface area contributed by atoms with Gasteiger partial charge >= 0.3 is 0 Å². The lowest BCUT2D eigenvalue weighted by Gasteiger charge is -2.41. The second-order valence-corrected chi connectivity index (χ2v) is 8.87. The fourth-order valence-corrected chi connectivity index (χ4v) is 4.76. The second-order valence-electron chi connectivity index (χ2n) is 6.88. The lowest BCUT2D eigenvalue weighted by atomic mass is 9.79. The van der Waals surface area contributed by atoms with Crippen molar-refractivity contribution < 1.29 is 8.42 Å². The first-order valence-electron chi connectivity index (χ1n) is 8.27. The van der Waals surface area contributed by atoms with Crippen LogP contribution in [0.5, 0.6) is 0 Å². The van der Waals surface area contributed by atoms with E-state index >= 15 is 0 Å². The maximum absolute atomic E-state index is 11.6. The van der Waals surface area contributed by atoms with Crippen LogP contribution in [0.3, 0.4) is 0 Å². The molecule has 2 rings (SSSR count). The van der Waals surface area contributed by atoms with Crippen molar-refractivity contribution >= 4 is 10.0 Å². The Morgan fingerprint density at radius 2 is 1.57 bits per heavy atom. The SMILES string of the molecule is CNCC1(CN2CCN(S(C)(=O)=O)CC2)CCCCCC1. The summed E-state index contributed by atoms with van der Waals surface area (Å²) in [7, 11) is -0.970. The highest BCUT2D eigenvalue weighted by Crippen LogP contribution is 2.35. The van der Waals surface area contributed by atoms with Crippen LogP contribution in [0.2, 0.25) is 0 Å². The molecule has 1 saturated heterocycles. The molecule has 0 bridgehead atoms. The van der Waals surface area contributed by atoms with Crippen molar-refractivity contribution in [3.8, 4) is 0 Å². The average Bonchev–Trinajstić information content (AvgIpc) is 2.65. The van der Waals surface area contributed by atoms with Crippen molar-refractivity contribution in [1.82, 2.24) is 14.5 Å². The number of hydrogen-bond donors (Lipinski definition) is 1. The van der Waals surface area contributed by atoms with Gasteiger partial charge in [-0.25, -0.2) is 8.42 Å². The minimum atomic E-state index is -3.02. The van der Waals surface area contributed by atoms with Crippen LogP contribution in [0.15, 0.2) is 0 Å². The summed E-state index contributed by atoms with van der Waals surface area (Å²) in [6.07, 6.45) is 9.34. The second kappa shape index (κ2) is 7.40. The van der Waals surface area contributed by atoms with E-state index in [1.54, 1.807) is 4.31 Å². The number of nitrogens with one attached hydrogen (secondary N) is 1. The van der Waals surface area contributed by atoms with Gasteiger partial charge in [0, 0.05) is 39.3 Å². The third-order valence-corrected chi connectivity index (χ3v) is 6.38. The highest BCUT2D eigenvalue weighted by atomic mass is 32.2. The first kappa shape index (κ1) is 17.2. The standard InChI is InChI=1S/C15H31N3O2S/c1-16-13-15(7-5-3-4-6-8-15)14-17-9-11-18(12-10-17)21(2,19)20/h16H,3-14H2,1-2H3. The van der Waals surface area contributed by atoms with E-state index < -0.39 is 10.0 Å². The normalized spacial score (nSPS) is 25.6. The first-order valence-corrected chi connectivity index (χ1v) is 10.1. The summed E-state index contributed by atoms with van der Waals surface area (Å²) in [5, 5.41) is 3.40. The summed E-state index contributed by atoms with van der Waals surface area (Å²) in [6.45, 7) is 5.24. The zero-order valence-electron chi connectivity index (χ0n) is 13.6. The molecular formula is C15H31N3O2S. The van der Waals surface area contributed by atoms with Crippen LogP contribution in [0.25, 0.3) is 0 Å². The molecule has 0 unspecified atom stereocenters. The minimum absolute atomic E-state index is 0.387. The van der Waals surface area contributed by atoms with Crippen molar-refractivity contribution in [3.63, 3.8) is 0 Å². The van der Waals surface area contributed by atoms with Crippen molar-refractivity contribution in [2.24, 2.45) is 5.41 Å². The Labute approximate surface area is 130 Å². The highest BCUT2D eigenvalue weighted by molar-refractivity contribution is 7.88. The van der Waals surface area contributed by atoms with Crippen LogP contribution < -0.4 is 5.32 Å². The van der Waals surface area contributed by atoms with E-state index in [1.807, 2.05) is 7.05 Å². The summed E-state index contributed by atoms with van der Waals surface area (Å²) < 4.78 is 24.8. The molecule has 0 amide bonds. The maximum Gasteiger partial charge on any atom is 0.211 e. The largest absolute Gasteiger partial charge is 0.319 e. The van der Waals surface area contributed by atoms with Gasteiger partial charge < -0.3 is 10.2 Å². The molecule has 0 aromatic carbocycles. The lowest BCUT2D eigenvalue weighted by molar-refractivity contribution is 0.0999. The van der Waals surface area contributed by atoms with E-state index in [4.69, 9.17) is 0 Å². The molecular weight excluding hydrogens is 286 g/mol. The van der Waals surface area contributed by atoms with Crippen LogP contribution in [0.1, 0.15) is 38.5 Å². The van der Waals surface area contributed by atoms with E-state index in [0.29, 0.717) is 18.5 Å². The van der Waals surface area contributed by atoms with Gasteiger partial charge in [-0.05, 0) is 25.3 Å². The minimum Gasteiger partial charge on any atom is -0.319 e. The molecule has 0 radical (unpaired) electrons. The molecule has 1 aliphatic heterocycles. The lowest BCUT2D eigenvalue weighted by Crippen LogP contribution is -2.52. The Kier molecular flexibility index (Phi) is 6.05. The molecule has 1 aliphatic carbocycles. The van der Waals surface area contributed by atoms with Crippen LogP contribution in [0.4, 0.5) is 0 Å². The maximum atomic E-state index is 11.6. The van der Waals surface area contributed by atoms with Gasteiger partial charge in [0.15, 0.2) is 0 Å². The molecule has 1 saturated carbocycles. The van der Waals surface area contributed by atoms with Crippen LogP contribution >= 0.6 is 0 Å². The number of piperazine rings is 1. The molecule has 0 aromatic heterocycles. The van der Waals surface area contributed by atoms with E-state index in [-0.39, 0.29) is 0 Å². The average molecular weight is 317 g/mol. The molecule has 2 fully saturated rings. The van der Waals surface area contributed by atoms with Crippen molar-refractivity contribution in [2.75, 3.05) is 52.6 Å². The molecule has 0 spiro atoms. The molecule has 5 nitrogen and oxygen atoms in total. The smallest absolute Gasteiger partial charge is 0.211 e. The molecule has 1 heterocycles. The molecule has 0 aromatic rings. The Balaban J connectivity index is 1.92. The molecule has 2 aliphatic rings. The molecule has 21 heavy (non-hydrogen) atoms. The van der Waals surface area contributed by atoms with E-state index in [9.17, 15) is 8.42 Å². The quantitative estimate of drug-likeness (QED) is 0.772. The fourth-order valence-electron chi connectivity index (χ4n) is 3.94. The summed E-state index contributed by atoms with van der Waals surface area (Å²) in [6, 6.07) is 0. The van der Waals surface area contributed by atoms with Gasteiger partial charge in [0.25, 0.3) is 0 Å². The van der Waals surface area contributed by atoms with Crippen molar-refractivity contribution in [3.05, 3.63) is 0 Å². The molecule has 1 N–H and O–H groups in total. The van der Waals surface area contributed by atoms with Gasteiger partial charge in [0.2, 0.25) is 10.0 Å². The number of nitrogens with zero attached hydrogens (tertiary/aromatic N) is 2. The van der Waals surface area contributed by atoms with Crippen molar-refractivity contribution in [2.45, 2.75) is 38.5 Å².